The van der Waals surface area contributed by atoms with Gasteiger partial charge in [0.15, 0.2) is 0 Å². The van der Waals surface area contributed by atoms with E-state index in [2.05, 4.69) is 17.6 Å². The van der Waals surface area contributed by atoms with Crippen LogP contribution in [0.15, 0.2) is 0 Å². The van der Waals surface area contributed by atoms with E-state index in [0.29, 0.717) is 5.92 Å². The van der Waals surface area contributed by atoms with Crippen LogP contribution in [-0.2, 0) is 14.6 Å². The van der Waals surface area contributed by atoms with Crippen LogP contribution in [0.3, 0.4) is 0 Å². The number of hydrogen-bond acceptors (Lipinski definition) is 4. The van der Waals surface area contributed by atoms with Crippen molar-refractivity contribution in [3.05, 3.63) is 0 Å². The summed E-state index contributed by atoms with van der Waals surface area (Å²) in [6, 6.07) is -0.164. The molecular weight excluding hydrogens is 228 g/mol. The molecule has 6 heteroatoms. The molecule has 1 aliphatic heterocycles. The maximum Gasteiger partial charge on any atom is 0.237 e. The number of rotatable bonds is 4. The minimum absolute atomic E-state index is 0.00101. The molecule has 1 amide bonds. The molecule has 94 valence electrons. The average Bonchev–Trinajstić information content (AvgIpc) is 2.15. The van der Waals surface area contributed by atoms with Gasteiger partial charge in [-0.1, -0.05) is 6.92 Å². The van der Waals surface area contributed by atoms with Gasteiger partial charge in [0.2, 0.25) is 5.91 Å². The lowest BCUT2D eigenvalue weighted by molar-refractivity contribution is -0.123. The fraction of sp³-hybridized carbons (Fsp3) is 0.900. The highest BCUT2D eigenvalue weighted by Gasteiger charge is 2.24. The Hall–Kier alpha value is -0.620. The predicted molar refractivity (Wildman–Crippen MR) is 62.9 cm³/mol. The van der Waals surface area contributed by atoms with Crippen LogP contribution in [0.4, 0.5) is 0 Å². The molecule has 0 radical (unpaired) electrons. The van der Waals surface area contributed by atoms with Crippen molar-refractivity contribution >= 4 is 15.7 Å². The van der Waals surface area contributed by atoms with Crippen LogP contribution in [0.25, 0.3) is 0 Å². The highest BCUT2D eigenvalue weighted by atomic mass is 32.2. The van der Waals surface area contributed by atoms with E-state index in [9.17, 15) is 13.2 Å². The first-order valence-electron chi connectivity index (χ1n) is 5.57. The summed E-state index contributed by atoms with van der Waals surface area (Å²) in [6.07, 6.45) is 3.08. The highest BCUT2D eigenvalue weighted by Crippen LogP contribution is 2.14. The quantitative estimate of drug-likeness (QED) is 0.705. The maximum atomic E-state index is 11.7. The summed E-state index contributed by atoms with van der Waals surface area (Å²) >= 11 is 0. The molecule has 0 aliphatic carbocycles. The monoisotopic (exact) mass is 248 g/mol. The van der Waals surface area contributed by atoms with Gasteiger partial charge in [-0.05, 0) is 25.3 Å². The van der Waals surface area contributed by atoms with E-state index in [-0.39, 0.29) is 24.2 Å². The van der Waals surface area contributed by atoms with Crippen molar-refractivity contribution in [2.75, 3.05) is 25.1 Å². The van der Waals surface area contributed by atoms with Crippen LogP contribution in [-0.4, -0.2) is 45.5 Å². The van der Waals surface area contributed by atoms with Crippen LogP contribution in [0.2, 0.25) is 0 Å². The minimum Gasteiger partial charge on any atom is -0.354 e. The molecule has 0 aromatic rings. The Bertz CT molecular complexity index is 340. The smallest absolute Gasteiger partial charge is 0.237 e. The number of hydrogen-bond donors (Lipinski definition) is 2. The van der Waals surface area contributed by atoms with Gasteiger partial charge in [0.1, 0.15) is 9.84 Å². The normalized spacial score (nSPS) is 26.4. The predicted octanol–water partition coefficient (Wildman–Crippen LogP) is -0.465. The molecule has 1 saturated heterocycles. The Balaban J connectivity index is 2.29. The molecule has 0 aromatic heterocycles. The first kappa shape index (κ1) is 13.4. The van der Waals surface area contributed by atoms with E-state index in [1.54, 1.807) is 0 Å². The van der Waals surface area contributed by atoms with Gasteiger partial charge in [-0.25, -0.2) is 8.42 Å². The second-order valence-corrected chi connectivity index (χ2v) is 6.82. The van der Waals surface area contributed by atoms with Crippen LogP contribution >= 0.6 is 0 Å². The molecule has 1 fully saturated rings. The van der Waals surface area contributed by atoms with E-state index in [1.807, 2.05) is 0 Å². The van der Waals surface area contributed by atoms with E-state index >= 15 is 0 Å². The third-order valence-corrected chi connectivity index (χ3v) is 3.70. The molecule has 1 aliphatic rings. The topological polar surface area (TPSA) is 75.3 Å². The summed E-state index contributed by atoms with van der Waals surface area (Å²) in [5, 5.41) is 5.78. The number of carbonyl (C=O) groups excluding carboxylic acids is 1. The highest BCUT2D eigenvalue weighted by molar-refractivity contribution is 7.90. The van der Waals surface area contributed by atoms with Gasteiger partial charge in [-0.15, -0.1) is 0 Å². The van der Waals surface area contributed by atoms with Gasteiger partial charge in [0, 0.05) is 12.8 Å². The minimum atomic E-state index is -3.00. The first-order chi connectivity index (χ1) is 7.38. The largest absolute Gasteiger partial charge is 0.354 e. The van der Waals surface area contributed by atoms with Crippen molar-refractivity contribution in [3.63, 3.8) is 0 Å². The molecule has 1 heterocycles. The van der Waals surface area contributed by atoms with Crippen molar-refractivity contribution in [3.8, 4) is 0 Å². The summed E-state index contributed by atoms with van der Waals surface area (Å²) in [6.45, 7) is 3.17. The second kappa shape index (κ2) is 5.63. The van der Waals surface area contributed by atoms with Gasteiger partial charge < -0.3 is 10.6 Å². The zero-order valence-electron chi connectivity index (χ0n) is 9.82. The van der Waals surface area contributed by atoms with E-state index in [4.69, 9.17) is 0 Å². The van der Waals surface area contributed by atoms with Crippen molar-refractivity contribution in [2.45, 2.75) is 25.8 Å². The van der Waals surface area contributed by atoms with Crippen LogP contribution in [0, 0.1) is 5.92 Å². The summed E-state index contributed by atoms with van der Waals surface area (Å²) in [4.78, 5) is 11.7. The van der Waals surface area contributed by atoms with Crippen molar-refractivity contribution in [1.82, 2.24) is 10.6 Å². The number of nitrogens with one attached hydrogen (secondary N) is 2. The fourth-order valence-corrected chi connectivity index (χ4v) is 2.26. The van der Waals surface area contributed by atoms with E-state index in [1.165, 1.54) is 6.26 Å². The Kier molecular flexibility index (Phi) is 4.73. The molecule has 16 heavy (non-hydrogen) atoms. The summed E-state index contributed by atoms with van der Waals surface area (Å²) in [5.41, 5.74) is 0. The van der Waals surface area contributed by atoms with E-state index < -0.39 is 9.84 Å². The molecule has 2 unspecified atom stereocenters. The first-order valence-corrected chi connectivity index (χ1v) is 7.63. The number of piperidine rings is 1. The van der Waals surface area contributed by atoms with Crippen LogP contribution in [0.5, 0.6) is 0 Å². The van der Waals surface area contributed by atoms with E-state index in [0.717, 1.165) is 19.4 Å². The van der Waals surface area contributed by atoms with Crippen molar-refractivity contribution < 1.29 is 13.2 Å². The average molecular weight is 248 g/mol. The lowest BCUT2D eigenvalue weighted by Crippen LogP contribution is -2.49. The number of amides is 1. The van der Waals surface area contributed by atoms with Crippen LogP contribution < -0.4 is 10.6 Å². The maximum absolute atomic E-state index is 11.7. The number of carbonyl (C=O) groups is 1. The zero-order chi connectivity index (χ0) is 12.2. The molecular formula is C10H20N2O3S. The van der Waals surface area contributed by atoms with Gasteiger partial charge in [0.25, 0.3) is 0 Å². The molecule has 0 bridgehead atoms. The molecule has 0 aromatic carbocycles. The standard InChI is InChI=1S/C10H20N2O3S/c1-8-3-4-11-9(7-8)10(13)12-5-6-16(2,14)15/h8-9,11H,3-7H2,1-2H3,(H,12,13). The fourth-order valence-electron chi connectivity index (χ4n) is 1.79. The lowest BCUT2D eigenvalue weighted by Gasteiger charge is -2.27. The van der Waals surface area contributed by atoms with Crippen LogP contribution in [0.1, 0.15) is 19.8 Å². The number of sulfone groups is 1. The summed E-state index contributed by atoms with van der Waals surface area (Å²) in [5.74, 6) is 0.461. The molecule has 2 atom stereocenters. The SMILES string of the molecule is CC1CCNC(C(=O)NCCS(C)(=O)=O)C1. The molecule has 5 nitrogen and oxygen atoms in total. The Morgan fingerprint density at radius 2 is 2.19 bits per heavy atom. The third-order valence-electron chi connectivity index (χ3n) is 2.75. The molecule has 2 N–H and O–H groups in total. The Morgan fingerprint density at radius 3 is 2.75 bits per heavy atom. The van der Waals surface area contributed by atoms with Gasteiger partial charge in [-0.3, -0.25) is 4.79 Å². The Labute approximate surface area is 96.9 Å². The van der Waals surface area contributed by atoms with Crippen molar-refractivity contribution in [1.29, 1.82) is 0 Å². The summed E-state index contributed by atoms with van der Waals surface area (Å²) in [7, 11) is -3.00. The van der Waals surface area contributed by atoms with Gasteiger partial charge in [0.05, 0.1) is 11.8 Å². The Morgan fingerprint density at radius 1 is 1.50 bits per heavy atom. The molecule has 1 rings (SSSR count). The zero-order valence-corrected chi connectivity index (χ0v) is 10.6. The van der Waals surface area contributed by atoms with Gasteiger partial charge in [-0.2, -0.15) is 0 Å². The van der Waals surface area contributed by atoms with Gasteiger partial charge >= 0.3 is 0 Å². The second-order valence-electron chi connectivity index (χ2n) is 4.56. The lowest BCUT2D eigenvalue weighted by atomic mass is 9.94. The molecule has 0 spiro atoms. The third kappa shape index (κ3) is 4.94. The van der Waals surface area contributed by atoms with Crippen molar-refractivity contribution in [2.24, 2.45) is 5.92 Å². The summed E-state index contributed by atoms with van der Waals surface area (Å²) < 4.78 is 21.7. The molecule has 0 saturated carbocycles.